The van der Waals surface area contributed by atoms with Gasteiger partial charge in [0.25, 0.3) is 0 Å². The van der Waals surface area contributed by atoms with Gasteiger partial charge in [-0.25, -0.2) is 0 Å². The topological polar surface area (TPSA) is 29.5 Å². The molecule has 1 atom stereocenters. The van der Waals surface area contributed by atoms with Crippen LogP contribution in [0.4, 0.5) is 0 Å². The predicted molar refractivity (Wildman–Crippen MR) is 78.7 cm³/mol. The van der Waals surface area contributed by atoms with Crippen LogP contribution >= 0.6 is 11.8 Å². The number of methoxy groups -OCH3 is 1. The number of esters is 1. The quantitative estimate of drug-likeness (QED) is 0.749. The molecule has 1 unspecified atom stereocenters. The van der Waals surface area contributed by atoms with E-state index >= 15 is 0 Å². The molecule has 0 saturated carbocycles. The lowest BCUT2D eigenvalue weighted by molar-refractivity contribution is -0.140. The van der Waals surface area contributed by atoms with Gasteiger partial charge in [0, 0.05) is 29.7 Å². The Labute approximate surface area is 119 Å². The third-order valence-corrected chi connectivity index (χ3v) is 4.84. The maximum atomic E-state index is 11.2. The Bertz CT molecular complexity index is 436. The van der Waals surface area contributed by atoms with Crippen molar-refractivity contribution in [2.75, 3.05) is 32.5 Å². The lowest BCUT2D eigenvalue weighted by Crippen LogP contribution is -2.31. The van der Waals surface area contributed by atoms with Crippen LogP contribution in [0.3, 0.4) is 0 Å². The Morgan fingerprint density at radius 1 is 1.47 bits per heavy atom. The van der Waals surface area contributed by atoms with E-state index in [1.807, 2.05) is 11.8 Å². The second-order valence-corrected chi connectivity index (χ2v) is 5.83. The molecule has 1 aromatic carbocycles. The molecule has 4 heteroatoms. The molecular formula is C15H21NO2S. The SMILES string of the molecule is CCN(CCC(=O)OC)CC1CSc2ccccc21. The van der Waals surface area contributed by atoms with Crippen LogP contribution < -0.4 is 0 Å². The van der Waals surface area contributed by atoms with Gasteiger partial charge < -0.3 is 9.64 Å². The smallest absolute Gasteiger partial charge is 0.306 e. The number of likely N-dealkylation sites (N-methyl/N-ethyl adjacent to an activating group) is 1. The molecule has 0 fully saturated rings. The molecule has 0 radical (unpaired) electrons. The Kier molecular flexibility index (Phi) is 5.28. The summed E-state index contributed by atoms with van der Waals surface area (Å²) in [5.74, 6) is 1.60. The monoisotopic (exact) mass is 279 g/mol. The maximum absolute atomic E-state index is 11.2. The van der Waals surface area contributed by atoms with Crippen molar-refractivity contribution in [3.8, 4) is 0 Å². The Hall–Kier alpha value is -1.00. The van der Waals surface area contributed by atoms with Gasteiger partial charge in [0.1, 0.15) is 0 Å². The highest BCUT2D eigenvalue weighted by molar-refractivity contribution is 7.99. The lowest BCUT2D eigenvalue weighted by atomic mass is 10.0. The number of carbonyl (C=O) groups is 1. The average molecular weight is 279 g/mol. The van der Waals surface area contributed by atoms with Gasteiger partial charge in [-0.2, -0.15) is 0 Å². The minimum atomic E-state index is -0.125. The van der Waals surface area contributed by atoms with Crippen molar-refractivity contribution >= 4 is 17.7 Å². The molecule has 1 aliphatic heterocycles. The molecule has 3 nitrogen and oxygen atoms in total. The van der Waals surface area contributed by atoms with Crippen molar-refractivity contribution in [2.24, 2.45) is 0 Å². The Morgan fingerprint density at radius 2 is 2.26 bits per heavy atom. The van der Waals surface area contributed by atoms with Gasteiger partial charge in [-0.15, -0.1) is 11.8 Å². The molecule has 2 rings (SSSR count). The molecule has 1 heterocycles. The van der Waals surface area contributed by atoms with Crippen LogP contribution in [0.5, 0.6) is 0 Å². The average Bonchev–Trinajstić information content (AvgIpc) is 2.86. The van der Waals surface area contributed by atoms with E-state index in [9.17, 15) is 4.79 Å². The molecule has 19 heavy (non-hydrogen) atoms. The van der Waals surface area contributed by atoms with E-state index < -0.39 is 0 Å². The Balaban J connectivity index is 1.91. The minimum Gasteiger partial charge on any atom is -0.469 e. The molecule has 0 saturated heterocycles. The molecule has 1 aromatic rings. The van der Waals surface area contributed by atoms with Crippen LogP contribution in [0.1, 0.15) is 24.8 Å². The molecule has 0 N–H and O–H groups in total. The number of carbonyl (C=O) groups excluding carboxylic acids is 1. The largest absolute Gasteiger partial charge is 0.469 e. The molecule has 0 bridgehead atoms. The second kappa shape index (κ2) is 6.96. The van der Waals surface area contributed by atoms with E-state index in [0.29, 0.717) is 12.3 Å². The molecule has 0 aliphatic carbocycles. The first-order valence-corrected chi connectivity index (χ1v) is 7.74. The number of hydrogen-bond donors (Lipinski definition) is 0. The van der Waals surface area contributed by atoms with E-state index in [1.165, 1.54) is 17.6 Å². The number of benzene rings is 1. The van der Waals surface area contributed by atoms with E-state index in [1.54, 1.807) is 0 Å². The van der Waals surface area contributed by atoms with Crippen molar-refractivity contribution in [3.63, 3.8) is 0 Å². The zero-order valence-corrected chi connectivity index (χ0v) is 12.4. The van der Waals surface area contributed by atoms with Gasteiger partial charge in [0.05, 0.1) is 13.5 Å². The fourth-order valence-electron chi connectivity index (χ4n) is 2.42. The number of thioether (sulfide) groups is 1. The van der Waals surface area contributed by atoms with Gasteiger partial charge in [0.15, 0.2) is 0 Å². The van der Waals surface area contributed by atoms with Gasteiger partial charge >= 0.3 is 5.97 Å². The number of rotatable bonds is 6. The summed E-state index contributed by atoms with van der Waals surface area (Å²) in [6.07, 6.45) is 0.478. The molecular weight excluding hydrogens is 258 g/mol. The minimum absolute atomic E-state index is 0.125. The zero-order valence-electron chi connectivity index (χ0n) is 11.6. The van der Waals surface area contributed by atoms with E-state index in [4.69, 9.17) is 4.74 Å². The summed E-state index contributed by atoms with van der Waals surface area (Å²) in [5.41, 5.74) is 1.46. The van der Waals surface area contributed by atoms with Crippen molar-refractivity contribution in [1.82, 2.24) is 4.90 Å². The summed E-state index contributed by atoms with van der Waals surface area (Å²) in [4.78, 5) is 15.0. The summed E-state index contributed by atoms with van der Waals surface area (Å²) in [7, 11) is 1.45. The van der Waals surface area contributed by atoms with Crippen LogP contribution in [0, 0.1) is 0 Å². The highest BCUT2D eigenvalue weighted by atomic mass is 32.2. The number of nitrogens with zero attached hydrogens (tertiary/aromatic N) is 1. The summed E-state index contributed by atoms with van der Waals surface area (Å²) in [6.45, 7) is 4.93. The van der Waals surface area contributed by atoms with Crippen molar-refractivity contribution in [1.29, 1.82) is 0 Å². The van der Waals surface area contributed by atoms with Crippen molar-refractivity contribution < 1.29 is 9.53 Å². The first-order chi connectivity index (χ1) is 9.24. The number of hydrogen-bond acceptors (Lipinski definition) is 4. The van der Waals surface area contributed by atoms with E-state index in [2.05, 4.69) is 36.1 Å². The second-order valence-electron chi connectivity index (χ2n) is 4.77. The first kappa shape index (κ1) is 14.4. The fourth-order valence-corrected chi connectivity index (χ4v) is 3.66. The third-order valence-electron chi connectivity index (χ3n) is 3.58. The van der Waals surface area contributed by atoms with Gasteiger partial charge in [0.2, 0.25) is 0 Å². The van der Waals surface area contributed by atoms with Gasteiger partial charge in [-0.1, -0.05) is 25.1 Å². The maximum Gasteiger partial charge on any atom is 0.306 e. The Morgan fingerprint density at radius 3 is 3.00 bits per heavy atom. The molecule has 0 aromatic heterocycles. The summed E-state index contributed by atoms with van der Waals surface area (Å²) in [5, 5.41) is 0. The summed E-state index contributed by atoms with van der Waals surface area (Å²) in [6, 6.07) is 8.64. The lowest BCUT2D eigenvalue weighted by Gasteiger charge is -2.23. The van der Waals surface area contributed by atoms with Crippen molar-refractivity contribution in [3.05, 3.63) is 29.8 Å². The van der Waals surface area contributed by atoms with E-state index in [0.717, 1.165) is 25.4 Å². The van der Waals surface area contributed by atoms with Crippen LogP contribution in [-0.4, -0.2) is 43.4 Å². The summed E-state index contributed by atoms with van der Waals surface area (Å²) < 4.78 is 4.70. The molecule has 0 spiro atoms. The summed E-state index contributed by atoms with van der Waals surface area (Å²) >= 11 is 1.94. The van der Waals surface area contributed by atoms with Crippen LogP contribution in [0.15, 0.2) is 29.2 Å². The van der Waals surface area contributed by atoms with Crippen LogP contribution in [0.25, 0.3) is 0 Å². The van der Waals surface area contributed by atoms with E-state index in [-0.39, 0.29) is 5.97 Å². The molecule has 0 amide bonds. The fraction of sp³-hybridized carbons (Fsp3) is 0.533. The van der Waals surface area contributed by atoms with Crippen LogP contribution in [0.2, 0.25) is 0 Å². The molecule has 1 aliphatic rings. The zero-order chi connectivity index (χ0) is 13.7. The van der Waals surface area contributed by atoms with Gasteiger partial charge in [-0.3, -0.25) is 4.79 Å². The highest BCUT2D eigenvalue weighted by Gasteiger charge is 2.24. The van der Waals surface area contributed by atoms with Crippen LogP contribution in [-0.2, 0) is 9.53 Å². The highest BCUT2D eigenvalue weighted by Crippen LogP contribution is 2.39. The first-order valence-electron chi connectivity index (χ1n) is 6.75. The molecule has 104 valence electrons. The predicted octanol–water partition coefficient (Wildman–Crippen LogP) is 2.76. The number of ether oxygens (including phenoxy) is 1. The number of fused-ring (bicyclic) bond motifs is 1. The van der Waals surface area contributed by atoms with Gasteiger partial charge in [-0.05, 0) is 18.2 Å². The standard InChI is InChI=1S/C15H21NO2S/c1-3-16(9-8-15(17)18-2)10-12-11-19-14-7-5-4-6-13(12)14/h4-7,12H,3,8-11H2,1-2H3. The third kappa shape index (κ3) is 3.74. The normalized spacial score (nSPS) is 17.5. The van der Waals surface area contributed by atoms with Crippen molar-refractivity contribution in [2.45, 2.75) is 24.2 Å².